The molecule has 3 rings (SSSR count). The Labute approximate surface area is 189 Å². The van der Waals surface area contributed by atoms with Gasteiger partial charge in [0.2, 0.25) is 0 Å². The van der Waals surface area contributed by atoms with Crippen molar-refractivity contribution in [3.8, 4) is 17.6 Å². The number of ether oxygens (including phenoxy) is 2. The fourth-order valence-corrected chi connectivity index (χ4v) is 3.19. The summed E-state index contributed by atoms with van der Waals surface area (Å²) >= 11 is 11.9. The van der Waals surface area contributed by atoms with Gasteiger partial charge in [0.1, 0.15) is 6.61 Å². The van der Waals surface area contributed by atoms with Crippen molar-refractivity contribution >= 4 is 35.3 Å². The second kappa shape index (κ2) is 10.5. The van der Waals surface area contributed by atoms with Crippen molar-refractivity contribution in [3.05, 3.63) is 93.0 Å². The average molecular weight is 454 g/mol. The number of methoxy groups -OCH3 is 1. The molecule has 1 amide bonds. The van der Waals surface area contributed by atoms with Gasteiger partial charge in [-0.05, 0) is 48.0 Å². The molecule has 1 N–H and O–H groups in total. The van der Waals surface area contributed by atoms with E-state index in [9.17, 15) is 10.1 Å². The van der Waals surface area contributed by atoms with Crippen molar-refractivity contribution in [2.24, 2.45) is 5.10 Å². The van der Waals surface area contributed by atoms with Crippen molar-refractivity contribution in [1.82, 2.24) is 5.43 Å². The van der Waals surface area contributed by atoms with Gasteiger partial charge in [-0.3, -0.25) is 4.79 Å². The van der Waals surface area contributed by atoms with Crippen molar-refractivity contribution in [2.45, 2.75) is 6.61 Å². The number of hydrazone groups is 1. The first-order valence-electron chi connectivity index (χ1n) is 9.09. The van der Waals surface area contributed by atoms with E-state index in [0.29, 0.717) is 27.6 Å². The van der Waals surface area contributed by atoms with Gasteiger partial charge >= 0.3 is 0 Å². The highest BCUT2D eigenvalue weighted by Crippen LogP contribution is 2.28. The van der Waals surface area contributed by atoms with Crippen LogP contribution < -0.4 is 14.9 Å². The number of benzene rings is 3. The maximum absolute atomic E-state index is 12.2. The number of hydrogen-bond acceptors (Lipinski definition) is 5. The van der Waals surface area contributed by atoms with Gasteiger partial charge in [0, 0.05) is 10.6 Å². The van der Waals surface area contributed by atoms with Crippen molar-refractivity contribution in [3.63, 3.8) is 0 Å². The molecule has 0 saturated heterocycles. The highest BCUT2D eigenvalue weighted by Gasteiger charge is 2.10. The van der Waals surface area contributed by atoms with Gasteiger partial charge in [-0.15, -0.1) is 0 Å². The predicted molar refractivity (Wildman–Crippen MR) is 120 cm³/mol. The molecule has 0 heterocycles. The Kier molecular flexibility index (Phi) is 7.50. The zero-order valence-electron chi connectivity index (χ0n) is 16.4. The predicted octanol–water partition coefficient (Wildman–Crippen LogP) is 5.22. The summed E-state index contributed by atoms with van der Waals surface area (Å²) in [5, 5.41) is 13.8. The number of hydrogen-bond donors (Lipinski definition) is 1. The first-order chi connectivity index (χ1) is 15.0. The lowest BCUT2D eigenvalue weighted by atomic mass is 10.1. The summed E-state index contributed by atoms with van der Waals surface area (Å²) in [7, 11) is 1.52. The standard InChI is InChI=1S/C23H17Cl2N3O3/c1-30-22-10-15(13-27-28-23(29)19-8-7-18(24)11-20(19)25)6-9-21(22)31-14-17-5-3-2-4-16(17)12-26/h2-11,13H,14H2,1H3,(H,28,29)/b27-13-. The number of nitriles is 1. The van der Waals surface area contributed by atoms with Crippen LogP contribution in [0.2, 0.25) is 10.0 Å². The van der Waals surface area contributed by atoms with Gasteiger partial charge in [-0.1, -0.05) is 41.4 Å². The molecule has 8 heteroatoms. The Morgan fingerprint density at radius 1 is 1.13 bits per heavy atom. The summed E-state index contributed by atoms with van der Waals surface area (Å²) in [5.74, 6) is 0.552. The molecule has 0 aliphatic heterocycles. The highest BCUT2D eigenvalue weighted by molar-refractivity contribution is 6.36. The Hall–Kier alpha value is -3.53. The first-order valence-corrected chi connectivity index (χ1v) is 9.84. The van der Waals surface area contributed by atoms with Gasteiger partial charge in [-0.2, -0.15) is 10.4 Å². The molecule has 0 bridgehead atoms. The lowest BCUT2D eigenvalue weighted by molar-refractivity contribution is 0.0955. The highest BCUT2D eigenvalue weighted by atomic mass is 35.5. The zero-order valence-corrected chi connectivity index (χ0v) is 17.9. The van der Waals surface area contributed by atoms with Gasteiger partial charge < -0.3 is 9.47 Å². The summed E-state index contributed by atoms with van der Waals surface area (Å²) < 4.78 is 11.2. The molecule has 0 fully saturated rings. The molecule has 31 heavy (non-hydrogen) atoms. The molecule has 0 aliphatic rings. The SMILES string of the molecule is COc1cc(/C=N\NC(=O)c2ccc(Cl)cc2Cl)ccc1OCc1ccccc1C#N. The molecule has 0 atom stereocenters. The topological polar surface area (TPSA) is 83.7 Å². The quantitative estimate of drug-likeness (QED) is 0.392. The fourth-order valence-electron chi connectivity index (χ4n) is 2.69. The van der Waals surface area contributed by atoms with Gasteiger partial charge in [0.15, 0.2) is 11.5 Å². The van der Waals surface area contributed by atoms with E-state index in [4.69, 9.17) is 32.7 Å². The summed E-state index contributed by atoms with van der Waals surface area (Å²) in [6.45, 7) is 0.228. The van der Waals surface area contributed by atoms with Crippen LogP contribution >= 0.6 is 23.2 Å². The second-order valence-corrected chi connectivity index (χ2v) is 7.13. The van der Waals surface area contributed by atoms with Crippen molar-refractivity contribution in [2.75, 3.05) is 7.11 Å². The third kappa shape index (κ3) is 5.76. The molecule has 0 saturated carbocycles. The van der Waals surface area contributed by atoms with E-state index in [2.05, 4.69) is 16.6 Å². The number of halogens is 2. The lowest BCUT2D eigenvalue weighted by Crippen LogP contribution is -2.18. The molecule has 0 aliphatic carbocycles. The molecule has 0 aromatic heterocycles. The minimum absolute atomic E-state index is 0.228. The van der Waals surface area contributed by atoms with E-state index < -0.39 is 5.91 Å². The smallest absolute Gasteiger partial charge is 0.272 e. The Bertz CT molecular complexity index is 1170. The van der Waals surface area contributed by atoms with Crippen LogP contribution in [-0.2, 0) is 6.61 Å². The van der Waals surface area contributed by atoms with Crippen LogP contribution in [0.1, 0.15) is 27.0 Å². The summed E-state index contributed by atoms with van der Waals surface area (Å²) in [6.07, 6.45) is 1.47. The number of rotatable bonds is 7. The summed E-state index contributed by atoms with van der Waals surface area (Å²) in [4.78, 5) is 12.2. The molecule has 3 aromatic carbocycles. The molecule has 6 nitrogen and oxygen atoms in total. The minimum atomic E-state index is -0.457. The minimum Gasteiger partial charge on any atom is -0.493 e. The van der Waals surface area contributed by atoms with Gasteiger partial charge in [-0.25, -0.2) is 5.43 Å². The van der Waals surface area contributed by atoms with E-state index >= 15 is 0 Å². The maximum atomic E-state index is 12.2. The third-order valence-corrected chi connectivity index (χ3v) is 4.81. The van der Waals surface area contributed by atoms with Crippen LogP contribution in [0.15, 0.2) is 65.8 Å². The molecule has 0 spiro atoms. The van der Waals surface area contributed by atoms with Crippen LogP contribution in [0, 0.1) is 11.3 Å². The van der Waals surface area contributed by atoms with Crippen LogP contribution in [0.5, 0.6) is 11.5 Å². The van der Waals surface area contributed by atoms with Crippen LogP contribution in [0.4, 0.5) is 0 Å². The van der Waals surface area contributed by atoms with Gasteiger partial charge in [0.25, 0.3) is 5.91 Å². The Balaban J connectivity index is 1.66. The number of nitrogens with zero attached hydrogens (tertiary/aromatic N) is 2. The second-order valence-electron chi connectivity index (χ2n) is 6.29. The maximum Gasteiger partial charge on any atom is 0.272 e. The van der Waals surface area contributed by atoms with E-state index in [1.54, 1.807) is 36.4 Å². The zero-order chi connectivity index (χ0) is 22.2. The Morgan fingerprint density at radius 2 is 1.94 bits per heavy atom. The van der Waals surface area contributed by atoms with Crippen LogP contribution in [-0.4, -0.2) is 19.2 Å². The summed E-state index contributed by atoms with van der Waals surface area (Å²) in [5.41, 5.74) is 4.71. The fraction of sp³-hybridized carbons (Fsp3) is 0.0870. The number of amides is 1. The molecule has 0 radical (unpaired) electrons. The van der Waals surface area contributed by atoms with E-state index in [1.807, 2.05) is 12.1 Å². The molecular weight excluding hydrogens is 437 g/mol. The van der Waals surface area contributed by atoms with Crippen LogP contribution in [0.3, 0.4) is 0 Å². The molecule has 0 unspecified atom stereocenters. The Morgan fingerprint density at radius 3 is 2.68 bits per heavy atom. The van der Waals surface area contributed by atoms with E-state index in [1.165, 1.54) is 25.5 Å². The van der Waals surface area contributed by atoms with Crippen molar-refractivity contribution < 1.29 is 14.3 Å². The van der Waals surface area contributed by atoms with Crippen molar-refractivity contribution in [1.29, 1.82) is 5.26 Å². The van der Waals surface area contributed by atoms with E-state index in [-0.39, 0.29) is 17.2 Å². The number of carbonyl (C=O) groups is 1. The lowest BCUT2D eigenvalue weighted by Gasteiger charge is -2.12. The van der Waals surface area contributed by atoms with Gasteiger partial charge in [0.05, 0.1) is 35.5 Å². The first kappa shape index (κ1) is 22.2. The largest absolute Gasteiger partial charge is 0.493 e. The summed E-state index contributed by atoms with van der Waals surface area (Å²) in [6, 6.07) is 19.2. The normalized spacial score (nSPS) is 10.5. The molecule has 3 aromatic rings. The van der Waals surface area contributed by atoms with Crippen LogP contribution in [0.25, 0.3) is 0 Å². The monoisotopic (exact) mass is 453 g/mol. The number of carbonyl (C=O) groups excluding carboxylic acids is 1. The van der Waals surface area contributed by atoms with E-state index in [0.717, 1.165) is 5.56 Å². The average Bonchev–Trinajstić information content (AvgIpc) is 2.78. The number of nitrogens with one attached hydrogen (secondary N) is 1. The molecular formula is C23H17Cl2N3O3. The molecule has 156 valence electrons. The third-order valence-electron chi connectivity index (χ3n) is 4.26.